The minimum atomic E-state index is -3.62. The van der Waals surface area contributed by atoms with Crippen LogP contribution in [0.3, 0.4) is 0 Å². The van der Waals surface area contributed by atoms with Crippen molar-refractivity contribution in [1.82, 2.24) is 18.6 Å². The fourth-order valence-electron chi connectivity index (χ4n) is 5.66. The fraction of sp³-hybridized carbons (Fsp3) is 0.414. The summed E-state index contributed by atoms with van der Waals surface area (Å²) >= 11 is 0. The van der Waals surface area contributed by atoms with Crippen LogP contribution in [-0.4, -0.2) is 64.5 Å². The monoisotopic (exact) mass is 565 g/mol. The van der Waals surface area contributed by atoms with Gasteiger partial charge in [-0.2, -0.15) is 4.31 Å². The normalized spacial score (nSPS) is 18.7. The van der Waals surface area contributed by atoms with Gasteiger partial charge < -0.3 is 10.2 Å². The number of rotatable bonds is 6. The molecule has 212 valence electrons. The van der Waals surface area contributed by atoms with Gasteiger partial charge in [0, 0.05) is 32.6 Å². The lowest BCUT2D eigenvalue weighted by molar-refractivity contribution is -0.141. The van der Waals surface area contributed by atoms with Gasteiger partial charge in [-0.3, -0.25) is 19.1 Å². The molecular formula is C29H35N5O5S. The van der Waals surface area contributed by atoms with E-state index >= 15 is 0 Å². The number of anilines is 1. The Morgan fingerprint density at radius 1 is 0.900 bits per heavy atom. The lowest BCUT2D eigenvalue weighted by atomic mass is 9.96. The Hall–Kier alpha value is -3.70. The second kappa shape index (κ2) is 11.1. The van der Waals surface area contributed by atoms with Crippen molar-refractivity contribution >= 4 is 27.5 Å². The zero-order valence-electron chi connectivity index (χ0n) is 23.0. The van der Waals surface area contributed by atoms with Crippen molar-refractivity contribution in [2.75, 3.05) is 25.0 Å². The first-order valence-corrected chi connectivity index (χ1v) is 15.1. The van der Waals surface area contributed by atoms with Crippen molar-refractivity contribution in [3.05, 3.63) is 76.2 Å². The van der Waals surface area contributed by atoms with Gasteiger partial charge in [-0.25, -0.2) is 13.1 Å². The second-order valence-corrected chi connectivity index (χ2v) is 12.5. The molecule has 5 rings (SSSR count). The molecule has 0 bridgehead atoms. The molecule has 11 heteroatoms. The SMILES string of the molecule is Cc1ccc(S(=O)(=O)N2CCC(C(=O)N3CCCC3C(=O)Nc3c(C)n(C)n(-c4ccccc4)c3=O)CC2)cc1. The number of sulfonamides is 1. The number of carbonyl (C=O) groups excluding carboxylic acids is 2. The third kappa shape index (κ3) is 5.11. The highest BCUT2D eigenvalue weighted by Crippen LogP contribution is 2.29. The van der Waals surface area contributed by atoms with Crippen molar-refractivity contribution in [2.24, 2.45) is 13.0 Å². The van der Waals surface area contributed by atoms with Gasteiger partial charge in [-0.05, 0) is 63.8 Å². The summed E-state index contributed by atoms with van der Waals surface area (Å²) in [6.45, 7) is 4.63. The van der Waals surface area contributed by atoms with Crippen LogP contribution in [0.15, 0.2) is 64.3 Å². The van der Waals surface area contributed by atoms with Crippen LogP contribution in [-0.2, 0) is 26.7 Å². The Morgan fingerprint density at radius 2 is 1.55 bits per heavy atom. The van der Waals surface area contributed by atoms with E-state index in [9.17, 15) is 22.8 Å². The molecule has 1 atom stereocenters. The van der Waals surface area contributed by atoms with Crippen LogP contribution >= 0.6 is 0 Å². The number of likely N-dealkylation sites (tertiary alicyclic amines) is 1. The highest BCUT2D eigenvalue weighted by atomic mass is 32.2. The molecule has 0 spiro atoms. The van der Waals surface area contributed by atoms with Crippen molar-refractivity contribution in [1.29, 1.82) is 0 Å². The summed E-state index contributed by atoms with van der Waals surface area (Å²) in [5.74, 6) is -0.862. The highest BCUT2D eigenvalue weighted by Gasteiger charge is 2.40. The summed E-state index contributed by atoms with van der Waals surface area (Å²) in [6, 6.07) is 15.3. The maximum atomic E-state index is 13.5. The number of amides is 2. The largest absolute Gasteiger partial charge is 0.330 e. The fourth-order valence-corrected chi connectivity index (χ4v) is 7.13. The van der Waals surface area contributed by atoms with Crippen molar-refractivity contribution in [3.63, 3.8) is 0 Å². The number of aromatic nitrogens is 2. The molecule has 2 aromatic carbocycles. The van der Waals surface area contributed by atoms with E-state index in [-0.39, 0.29) is 47.0 Å². The standard InChI is InChI=1S/C29H35N5O5S/c1-20-11-13-24(14-12-20)40(38,39)32-18-15-22(16-19-32)28(36)33-17-7-10-25(33)27(35)30-26-21(2)31(3)34(29(26)37)23-8-5-4-6-9-23/h4-6,8-9,11-14,22,25H,7,10,15-19H2,1-3H3,(H,30,35). The van der Waals surface area contributed by atoms with Gasteiger partial charge in [-0.1, -0.05) is 35.9 Å². The molecule has 3 heterocycles. The Balaban J connectivity index is 1.26. The number of hydrogen-bond donors (Lipinski definition) is 1. The highest BCUT2D eigenvalue weighted by molar-refractivity contribution is 7.89. The van der Waals surface area contributed by atoms with Gasteiger partial charge in [0.15, 0.2) is 0 Å². The molecule has 2 aliphatic rings. The molecule has 2 fully saturated rings. The summed E-state index contributed by atoms with van der Waals surface area (Å²) in [5.41, 5.74) is 2.15. The van der Waals surface area contributed by atoms with E-state index in [0.717, 1.165) is 5.56 Å². The second-order valence-electron chi connectivity index (χ2n) is 10.6. The number of piperidine rings is 1. The molecule has 0 aliphatic carbocycles. The van der Waals surface area contributed by atoms with Crippen LogP contribution in [0.25, 0.3) is 5.69 Å². The number of aryl methyl sites for hydroxylation is 1. The number of hydrogen-bond acceptors (Lipinski definition) is 5. The zero-order valence-corrected chi connectivity index (χ0v) is 23.9. The number of carbonyl (C=O) groups is 2. The van der Waals surface area contributed by atoms with Crippen LogP contribution in [0.4, 0.5) is 5.69 Å². The van der Waals surface area contributed by atoms with Gasteiger partial charge in [0.1, 0.15) is 11.7 Å². The number of nitrogens with one attached hydrogen (secondary N) is 1. The summed E-state index contributed by atoms with van der Waals surface area (Å²) in [6.07, 6.45) is 1.99. The van der Waals surface area contributed by atoms with Crippen molar-refractivity contribution in [2.45, 2.75) is 50.5 Å². The Labute approximate surface area is 234 Å². The molecule has 0 saturated carbocycles. The van der Waals surface area contributed by atoms with Crippen LogP contribution in [0, 0.1) is 19.8 Å². The molecular weight excluding hydrogens is 530 g/mol. The summed E-state index contributed by atoms with van der Waals surface area (Å²) in [5, 5.41) is 2.81. The molecule has 2 aliphatic heterocycles. The number of para-hydroxylation sites is 1. The lowest BCUT2D eigenvalue weighted by Crippen LogP contribution is -2.48. The molecule has 40 heavy (non-hydrogen) atoms. The molecule has 1 aromatic heterocycles. The van der Waals surface area contributed by atoms with Gasteiger partial charge >= 0.3 is 0 Å². The van der Waals surface area contributed by atoms with E-state index in [0.29, 0.717) is 43.6 Å². The molecule has 3 aromatic rings. The predicted molar refractivity (Wildman–Crippen MR) is 152 cm³/mol. The molecule has 0 radical (unpaired) electrons. The lowest BCUT2D eigenvalue weighted by Gasteiger charge is -2.34. The minimum absolute atomic E-state index is 0.128. The molecule has 2 saturated heterocycles. The van der Waals surface area contributed by atoms with Crippen LogP contribution in [0.1, 0.15) is 36.9 Å². The summed E-state index contributed by atoms with van der Waals surface area (Å²) in [4.78, 5) is 42.0. The first kappa shape index (κ1) is 27.9. The Morgan fingerprint density at radius 3 is 2.20 bits per heavy atom. The van der Waals surface area contributed by atoms with Crippen LogP contribution in [0.2, 0.25) is 0 Å². The zero-order chi connectivity index (χ0) is 28.6. The molecule has 1 N–H and O–H groups in total. The molecule has 10 nitrogen and oxygen atoms in total. The van der Waals surface area contributed by atoms with Gasteiger partial charge in [0.25, 0.3) is 5.56 Å². The van der Waals surface area contributed by atoms with Crippen LogP contribution in [0.5, 0.6) is 0 Å². The minimum Gasteiger partial charge on any atom is -0.330 e. The first-order valence-electron chi connectivity index (χ1n) is 13.6. The topological polar surface area (TPSA) is 114 Å². The molecule has 1 unspecified atom stereocenters. The third-order valence-electron chi connectivity index (χ3n) is 8.10. The van der Waals surface area contributed by atoms with E-state index in [1.54, 1.807) is 47.8 Å². The maximum absolute atomic E-state index is 13.5. The van der Waals surface area contributed by atoms with E-state index in [1.165, 1.54) is 8.99 Å². The van der Waals surface area contributed by atoms with E-state index < -0.39 is 16.1 Å². The van der Waals surface area contributed by atoms with Gasteiger partial charge in [0.05, 0.1) is 16.3 Å². The third-order valence-corrected chi connectivity index (χ3v) is 10.0. The van der Waals surface area contributed by atoms with Crippen molar-refractivity contribution in [3.8, 4) is 5.69 Å². The van der Waals surface area contributed by atoms with Crippen LogP contribution < -0.4 is 10.9 Å². The predicted octanol–water partition coefficient (Wildman–Crippen LogP) is 2.82. The van der Waals surface area contributed by atoms with Gasteiger partial charge in [-0.15, -0.1) is 0 Å². The number of benzene rings is 2. The van der Waals surface area contributed by atoms with E-state index in [4.69, 9.17) is 0 Å². The Bertz CT molecular complexity index is 1570. The quantitative estimate of drug-likeness (QED) is 0.494. The van der Waals surface area contributed by atoms with E-state index in [1.807, 2.05) is 37.3 Å². The maximum Gasteiger partial charge on any atom is 0.295 e. The number of nitrogens with zero attached hydrogens (tertiary/aromatic N) is 4. The Kier molecular flexibility index (Phi) is 7.70. The van der Waals surface area contributed by atoms with Crippen molar-refractivity contribution < 1.29 is 18.0 Å². The smallest absolute Gasteiger partial charge is 0.295 e. The summed E-state index contributed by atoms with van der Waals surface area (Å²) in [7, 11) is -1.86. The van der Waals surface area contributed by atoms with Gasteiger partial charge in [0.2, 0.25) is 21.8 Å². The first-order chi connectivity index (χ1) is 19.1. The van der Waals surface area contributed by atoms with E-state index in [2.05, 4.69) is 5.32 Å². The molecule has 2 amide bonds. The average molecular weight is 566 g/mol. The summed E-state index contributed by atoms with van der Waals surface area (Å²) < 4.78 is 30.8. The average Bonchev–Trinajstić information content (AvgIpc) is 3.53.